The van der Waals surface area contributed by atoms with Gasteiger partial charge >= 0.3 is 5.97 Å². The van der Waals surface area contributed by atoms with Gasteiger partial charge in [0.15, 0.2) is 0 Å². The Kier molecular flexibility index (Phi) is 3.84. The van der Waals surface area contributed by atoms with Gasteiger partial charge in [0.1, 0.15) is 22.9 Å². The van der Waals surface area contributed by atoms with E-state index in [0.717, 1.165) is 23.8 Å². The number of ether oxygens (including phenoxy) is 1. The van der Waals surface area contributed by atoms with Crippen molar-refractivity contribution in [2.75, 3.05) is 0 Å². The van der Waals surface area contributed by atoms with Crippen molar-refractivity contribution in [1.82, 2.24) is 0 Å². The SMILES string of the molecule is Cc1ccc(C(=O)O)c(Oc2cc(F)cc([N+](=O)[O-])c2)c1. The molecule has 0 aromatic heterocycles. The van der Waals surface area contributed by atoms with Gasteiger partial charge < -0.3 is 9.84 Å². The summed E-state index contributed by atoms with van der Waals surface area (Å²) in [5.41, 5.74) is 0.142. The lowest BCUT2D eigenvalue weighted by Crippen LogP contribution is -2.01. The maximum absolute atomic E-state index is 13.3. The Hall–Kier alpha value is -2.96. The van der Waals surface area contributed by atoms with Crippen LogP contribution in [-0.2, 0) is 0 Å². The molecule has 0 unspecified atom stereocenters. The Bertz CT molecular complexity index is 729. The fraction of sp³-hybridized carbons (Fsp3) is 0.0714. The summed E-state index contributed by atoms with van der Waals surface area (Å²) < 4.78 is 18.6. The number of aryl methyl sites for hydroxylation is 1. The van der Waals surface area contributed by atoms with Crippen LogP contribution in [0.2, 0.25) is 0 Å². The molecule has 21 heavy (non-hydrogen) atoms. The van der Waals surface area contributed by atoms with Crippen molar-refractivity contribution in [1.29, 1.82) is 0 Å². The molecular weight excluding hydrogens is 281 g/mol. The number of halogens is 1. The summed E-state index contributed by atoms with van der Waals surface area (Å²) in [5.74, 6) is -2.21. The molecule has 1 N–H and O–H groups in total. The topological polar surface area (TPSA) is 89.7 Å². The number of carboxylic acids is 1. The van der Waals surface area contributed by atoms with Crippen LogP contribution in [-0.4, -0.2) is 16.0 Å². The summed E-state index contributed by atoms with van der Waals surface area (Å²) >= 11 is 0. The van der Waals surface area contributed by atoms with Crippen LogP contribution in [0.5, 0.6) is 11.5 Å². The molecule has 0 aliphatic rings. The van der Waals surface area contributed by atoms with Gasteiger partial charge in [0.2, 0.25) is 0 Å². The number of carboxylic acid groups (broad SMARTS) is 1. The first-order valence-corrected chi connectivity index (χ1v) is 5.83. The second-order valence-electron chi connectivity index (χ2n) is 4.31. The summed E-state index contributed by atoms with van der Waals surface area (Å²) in [6.07, 6.45) is 0. The molecule has 0 fully saturated rings. The number of nitro benzene ring substituents is 1. The lowest BCUT2D eigenvalue weighted by atomic mass is 10.1. The van der Waals surface area contributed by atoms with Gasteiger partial charge in [-0.2, -0.15) is 0 Å². The Morgan fingerprint density at radius 3 is 2.62 bits per heavy atom. The number of aromatic carboxylic acids is 1. The van der Waals surface area contributed by atoms with E-state index in [1.165, 1.54) is 12.1 Å². The first kappa shape index (κ1) is 14.4. The van der Waals surface area contributed by atoms with Crippen LogP contribution in [0.4, 0.5) is 10.1 Å². The largest absolute Gasteiger partial charge is 0.478 e. The number of nitrogens with zero attached hydrogens (tertiary/aromatic N) is 1. The molecular formula is C14H10FNO5. The molecule has 0 saturated heterocycles. The van der Waals surface area contributed by atoms with Crippen molar-refractivity contribution < 1.29 is 24.0 Å². The van der Waals surface area contributed by atoms with Crippen molar-refractivity contribution in [3.05, 3.63) is 63.5 Å². The van der Waals surface area contributed by atoms with Crippen molar-refractivity contribution in [3.63, 3.8) is 0 Å². The van der Waals surface area contributed by atoms with Gasteiger partial charge in [-0.25, -0.2) is 9.18 Å². The second-order valence-corrected chi connectivity index (χ2v) is 4.31. The van der Waals surface area contributed by atoms with Gasteiger partial charge in [-0.05, 0) is 24.6 Å². The minimum absolute atomic E-state index is 0.0117. The molecule has 0 bridgehead atoms. The molecule has 108 valence electrons. The summed E-state index contributed by atoms with van der Waals surface area (Å²) in [4.78, 5) is 21.0. The van der Waals surface area contributed by atoms with Crippen LogP contribution in [0.25, 0.3) is 0 Å². The van der Waals surface area contributed by atoms with Crippen LogP contribution in [0.15, 0.2) is 36.4 Å². The van der Waals surface area contributed by atoms with Gasteiger partial charge in [-0.15, -0.1) is 0 Å². The van der Waals surface area contributed by atoms with E-state index in [1.807, 2.05) is 0 Å². The van der Waals surface area contributed by atoms with Crippen molar-refractivity contribution >= 4 is 11.7 Å². The maximum Gasteiger partial charge on any atom is 0.339 e. The van der Waals surface area contributed by atoms with E-state index in [4.69, 9.17) is 9.84 Å². The monoisotopic (exact) mass is 291 g/mol. The summed E-state index contributed by atoms with van der Waals surface area (Å²) in [6.45, 7) is 1.73. The minimum atomic E-state index is -1.21. The van der Waals surface area contributed by atoms with Gasteiger partial charge in [-0.1, -0.05) is 6.07 Å². The Balaban J connectivity index is 2.45. The third-order valence-corrected chi connectivity index (χ3v) is 2.66. The quantitative estimate of drug-likeness (QED) is 0.687. The van der Waals surface area contributed by atoms with Crippen LogP contribution >= 0.6 is 0 Å². The van der Waals surface area contributed by atoms with E-state index in [1.54, 1.807) is 13.0 Å². The maximum atomic E-state index is 13.3. The van der Waals surface area contributed by atoms with Crippen molar-refractivity contribution in [3.8, 4) is 11.5 Å². The molecule has 0 spiro atoms. The lowest BCUT2D eigenvalue weighted by Gasteiger charge is -2.09. The zero-order valence-electron chi connectivity index (χ0n) is 10.9. The smallest absolute Gasteiger partial charge is 0.339 e. The highest BCUT2D eigenvalue weighted by Crippen LogP contribution is 2.29. The summed E-state index contributed by atoms with van der Waals surface area (Å²) in [6, 6.07) is 7.12. The van der Waals surface area contributed by atoms with Crippen LogP contribution < -0.4 is 4.74 Å². The van der Waals surface area contributed by atoms with Gasteiger partial charge in [0.05, 0.1) is 17.1 Å². The Labute approximate surface area is 118 Å². The van der Waals surface area contributed by atoms with Crippen LogP contribution in [0.1, 0.15) is 15.9 Å². The standard InChI is InChI=1S/C14H10FNO5/c1-8-2-3-12(14(17)18)13(4-8)21-11-6-9(15)5-10(7-11)16(19)20/h2-7H,1H3,(H,17,18). The average Bonchev–Trinajstić information content (AvgIpc) is 2.37. The van der Waals surface area contributed by atoms with E-state index in [9.17, 15) is 19.3 Å². The third-order valence-electron chi connectivity index (χ3n) is 2.66. The fourth-order valence-electron chi connectivity index (χ4n) is 1.73. The molecule has 7 heteroatoms. The van der Waals surface area contributed by atoms with Crippen LogP contribution in [0.3, 0.4) is 0 Å². The van der Waals surface area contributed by atoms with Gasteiger partial charge in [0.25, 0.3) is 5.69 Å². The predicted octanol–water partition coefficient (Wildman–Crippen LogP) is 3.53. The Morgan fingerprint density at radius 1 is 1.29 bits per heavy atom. The second kappa shape index (κ2) is 5.58. The van der Waals surface area contributed by atoms with Crippen LogP contribution in [0, 0.1) is 22.9 Å². The average molecular weight is 291 g/mol. The molecule has 2 aromatic rings. The summed E-state index contributed by atoms with van der Waals surface area (Å²) in [5, 5.41) is 19.7. The Morgan fingerprint density at radius 2 is 2.00 bits per heavy atom. The summed E-state index contributed by atoms with van der Waals surface area (Å²) in [7, 11) is 0. The van der Waals surface area contributed by atoms with E-state index < -0.39 is 22.4 Å². The molecule has 0 heterocycles. The van der Waals surface area contributed by atoms with E-state index in [2.05, 4.69) is 0 Å². The molecule has 2 aromatic carbocycles. The van der Waals surface area contributed by atoms with Gasteiger partial charge in [-0.3, -0.25) is 10.1 Å². The molecule has 0 radical (unpaired) electrons. The number of non-ortho nitro benzene ring substituents is 1. The number of nitro groups is 1. The molecule has 0 amide bonds. The molecule has 0 saturated carbocycles. The van der Waals surface area contributed by atoms with E-state index >= 15 is 0 Å². The number of hydrogen-bond donors (Lipinski definition) is 1. The number of hydrogen-bond acceptors (Lipinski definition) is 4. The first-order chi connectivity index (χ1) is 9.86. The first-order valence-electron chi connectivity index (χ1n) is 5.83. The molecule has 0 atom stereocenters. The van der Waals surface area contributed by atoms with E-state index in [0.29, 0.717) is 0 Å². The normalized spacial score (nSPS) is 10.2. The third kappa shape index (κ3) is 3.33. The molecule has 0 aliphatic heterocycles. The van der Waals surface area contributed by atoms with E-state index in [-0.39, 0.29) is 17.1 Å². The van der Waals surface area contributed by atoms with Crippen molar-refractivity contribution in [2.24, 2.45) is 0 Å². The minimum Gasteiger partial charge on any atom is -0.478 e. The highest BCUT2D eigenvalue weighted by molar-refractivity contribution is 5.91. The van der Waals surface area contributed by atoms with Crippen molar-refractivity contribution in [2.45, 2.75) is 6.92 Å². The highest BCUT2D eigenvalue weighted by atomic mass is 19.1. The predicted molar refractivity (Wildman–Crippen MR) is 71.3 cm³/mol. The lowest BCUT2D eigenvalue weighted by molar-refractivity contribution is -0.385. The fourth-order valence-corrected chi connectivity index (χ4v) is 1.73. The van der Waals surface area contributed by atoms with Gasteiger partial charge in [0, 0.05) is 6.07 Å². The molecule has 0 aliphatic carbocycles. The number of rotatable bonds is 4. The highest BCUT2D eigenvalue weighted by Gasteiger charge is 2.15. The molecule has 2 rings (SSSR count). The molecule has 6 nitrogen and oxygen atoms in total. The zero-order chi connectivity index (χ0) is 15.6. The number of benzene rings is 2. The number of carbonyl (C=O) groups is 1. The zero-order valence-corrected chi connectivity index (χ0v) is 10.9.